The molecule has 3 aromatic rings. The van der Waals surface area contributed by atoms with Crippen LogP contribution in [0.4, 0.5) is 11.4 Å². The van der Waals surface area contributed by atoms with Crippen molar-refractivity contribution in [2.75, 3.05) is 30.4 Å². The highest BCUT2D eigenvalue weighted by molar-refractivity contribution is 5.94. The van der Waals surface area contributed by atoms with Crippen LogP contribution in [-0.4, -0.2) is 25.7 Å². The third kappa shape index (κ3) is 6.71. The van der Waals surface area contributed by atoms with E-state index in [1.165, 1.54) is 5.56 Å². The van der Waals surface area contributed by atoms with Gasteiger partial charge in [-0.15, -0.1) is 0 Å². The fourth-order valence-electron chi connectivity index (χ4n) is 2.86. The lowest BCUT2D eigenvalue weighted by Crippen LogP contribution is -2.22. The summed E-state index contributed by atoms with van der Waals surface area (Å²) >= 11 is 0. The van der Waals surface area contributed by atoms with E-state index in [1.807, 2.05) is 66.7 Å². The molecule has 0 spiro atoms. The number of hydrogen-bond donors (Lipinski definition) is 2. The Kier molecular flexibility index (Phi) is 7.92. The lowest BCUT2D eigenvalue weighted by Gasteiger charge is -2.13. The quantitative estimate of drug-likeness (QED) is 0.447. The molecule has 0 atom stereocenters. The molecule has 3 rings (SSSR count). The highest BCUT2D eigenvalue weighted by Crippen LogP contribution is 2.23. The molecular formula is C25H26N2O3. The second kappa shape index (κ2) is 11.3. The number of nitrogens with one attached hydrogen (secondary N) is 2. The SMILES string of the molecule is C=CCOc1ccccc1NCC(=O)Nc1cccc(OCCc2ccccc2)c1. The second-order valence-electron chi connectivity index (χ2n) is 6.61. The average molecular weight is 402 g/mol. The van der Waals surface area contributed by atoms with Crippen LogP contribution < -0.4 is 20.1 Å². The molecular weight excluding hydrogens is 376 g/mol. The zero-order valence-corrected chi connectivity index (χ0v) is 16.8. The van der Waals surface area contributed by atoms with Crippen molar-refractivity contribution in [3.63, 3.8) is 0 Å². The number of anilines is 2. The lowest BCUT2D eigenvalue weighted by atomic mass is 10.2. The van der Waals surface area contributed by atoms with Gasteiger partial charge in [0.05, 0.1) is 18.8 Å². The van der Waals surface area contributed by atoms with Gasteiger partial charge in [0, 0.05) is 18.2 Å². The summed E-state index contributed by atoms with van der Waals surface area (Å²) in [5.41, 5.74) is 2.67. The van der Waals surface area contributed by atoms with Gasteiger partial charge in [-0.25, -0.2) is 0 Å². The maximum absolute atomic E-state index is 12.4. The van der Waals surface area contributed by atoms with Gasteiger partial charge < -0.3 is 20.1 Å². The number of carbonyl (C=O) groups excluding carboxylic acids is 1. The van der Waals surface area contributed by atoms with E-state index in [2.05, 4.69) is 29.3 Å². The van der Waals surface area contributed by atoms with Crippen molar-refractivity contribution in [3.8, 4) is 11.5 Å². The van der Waals surface area contributed by atoms with Crippen molar-refractivity contribution in [2.45, 2.75) is 6.42 Å². The Bertz CT molecular complexity index is 957. The van der Waals surface area contributed by atoms with Crippen LogP contribution in [0.1, 0.15) is 5.56 Å². The minimum atomic E-state index is -0.157. The van der Waals surface area contributed by atoms with Gasteiger partial charge in [-0.2, -0.15) is 0 Å². The highest BCUT2D eigenvalue weighted by atomic mass is 16.5. The van der Waals surface area contributed by atoms with E-state index in [1.54, 1.807) is 6.08 Å². The number of hydrogen-bond acceptors (Lipinski definition) is 4. The molecule has 0 aromatic heterocycles. The monoisotopic (exact) mass is 402 g/mol. The third-order valence-corrected chi connectivity index (χ3v) is 4.30. The van der Waals surface area contributed by atoms with Gasteiger partial charge in [0.25, 0.3) is 0 Å². The smallest absolute Gasteiger partial charge is 0.243 e. The number of rotatable bonds is 11. The van der Waals surface area contributed by atoms with E-state index in [4.69, 9.17) is 9.47 Å². The molecule has 0 saturated heterocycles. The van der Waals surface area contributed by atoms with Gasteiger partial charge in [0.15, 0.2) is 0 Å². The van der Waals surface area contributed by atoms with Crippen molar-refractivity contribution in [1.29, 1.82) is 0 Å². The van der Waals surface area contributed by atoms with E-state index in [-0.39, 0.29) is 12.5 Å². The van der Waals surface area contributed by atoms with Gasteiger partial charge in [0.2, 0.25) is 5.91 Å². The molecule has 0 aliphatic heterocycles. The molecule has 3 aromatic carbocycles. The normalized spacial score (nSPS) is 10.1. The van der Waals surface area contributed by atoms with E-state index in [0.717, 1.165) is 17.9 Å². The predicted octanol–water partition coefficient (Wildman–Crippen LogP) is 4.92. The molecule has 2 N–H and O–H groups in total. The Morgan fingerprint density at radius 1 is 0.933 bits per heavy atom. The summed E-state index contributed by atoms with van der Waals surface area (Å²) in [4.78, 5) is 12.4. The molecule has 5 nitrogen and oxygen atoms in total. The average Bonchev–Trinajstić information content (AvgIpc) is 2.78. The van der Waals surface area contributed by atoms with Gasteiger partial charge >= 0.3 is 0 Å². The zero-order chi connectivity index (χ0) is 21.0. The molecule has 0 aliphatic carbocycles. The first-order chi connectivity index (χ1) is 14.7. The summed E-state index contributed by atoms with van der Waals surface area (Å²) in [6, 6.07) is 25.1. The van der Waals surface area contributed by atoms with Crippen molar-refractivity contribution < 1.29 is 14.3 Å². The Hall–Kier alpha value is -3.73. The van der Waals surface area contributed by atoms with Crippen LogP contribution in [0.2, 0.25) is 0 Å². The van der Waals surface area contributed by atoms with Gasteiger partial charge in [0.1, 0.15) is 18.1 Å². The second-order valence-corrected chi connectivity index (χ2v) is 6.61. The number of ether oxygens (including phenoxy) is 2. The maximum atomic E-state index is 12.4. The van der Waals surface area contributed by atoms with E-state index < -0.39 is 0 Å². The van der Waals surface area contributed by atoms with Crippen LogP contribution in [-0.2, 0) is 11.2 Å². The first kappa shape index (κ1) is 21.0. The third-order valence-electron chi connectivity index (χ3n) is 4.30. The predicted molar refractivity (Wildman–Crippen MR) is 121 cm³/mol. The summed E-state index contributed by atoms with van der Waals surface area (Å²) in [5.74, 6) is 1.24. The summed E-state index contributed by atoms with van der Waals surface area (Å²) in [6.45, 7) is 4.74. The van der Waals surface area contributed by atoms with Crippen molar-refractivity contribution in [3.05, 3.63) is 97.1 Å². The van der Waals surface area contributed by atoms with Crippen LogP contribution in [0.15, 0.2) is 91.5 Å². The fraction of sp³-hybridized carbons (Fsp3) is 0.160. The molecule has 5 heteroatoms. The molecule has 0 bridgehead atoms. The summed E-state index contributed by atoms with van der Waals surface area (Å²) in [7, 11) is 0. The van der Waals surface area contributed by atoms with Crippen LogP contribution in [0.5, 0.6) is 11.5 Å². The van der Waals surface area contributed by atoms with Crippen LogP contribution in [0.3, 0.4) is 0 Å². The molecule has 0 unspecified atom stereocenters. The van der Waals surface area contributed by atoms with E-state index >= 15 is 0 Å². The van der Waals surface area contributed by atoms with Crippen LogP contribution >= 0.6 is 0 Å². The molecule has 1 amide bonds. The van der Waals surface area contributed by atoms with Crippen molar-refractivity contribution >= 4 is 17.3 Å². The molecule has 0 aliphatic rings. The fourth-order valence-corrected chi connectivity index (χ4v) is 2.86. The number of benzene rings is 3. The lowest BCUT2D eigenvalue weighted by molar-refractivity contribution is -0.114. The zero-order valence-electron chi connectivity index (χ0n) is 16.8. The molecule has 0 saturated carbocycles. The Balaban J connectivity index is 1.48. The molecule has 154 valence electrons. The van der Waals surface area contributed by atoms with Gasteiger partial charge in [-0.1, -0.05) is 61.2 Å². The summed E-state index contributed by atoms with van der Waals surface area (Å²) < 4.78 is 11.4. The largest absolute Gasteiger partial charge is 0.493 e. The van der Waals surface area contributed by atoms with E-state index in [0.29, 0.717) is 24.7 Å². The first-order valence-electron chi connectivity index (χ1n) is 9.88. The molecule has 0 fully saturated rings. The van der Waals surface area contributed by atoms with Crippen LogP contribution in [0, 0.1) is 0 Å². The number of para-hydroxylation sites is 2. The van der Waals surface area contributed by atoms with Gasteiger partial charge in [-0.05, 0) is 29.8 Å². The Morgan fingerprint density at radius 2 is 1.73 bits per heavy atom. The maximum Gasteiger partial charge on any atom is 0.243 e. The Labute approximate surface area is 177 Å². The van der Waals surface area contributed by atoms with Crippen molar-refractivity contribution in [1.82, 2.24) is 0 Å². The minimum absolute atomic E-state index is 0.119. The summed E-state index contributed by atoms with van der Waals surface area (Å²) in [6.07, 6.45) is 2.51. The first-order valence-corrected chi connectivity index (χ1v) is 9.88. The van der Waals surface area contributed by atoms with E-state index in [9.17, 15) is 4.79 Å². The topological polar surface area (TPSA) is 59.6 Å². The summed E-state index contributed by atoms with van der Waals surface area (Å²) in [5, 5.41) is 5.99. The molecule has 30 heavy (non-hydrogen) atoms. The minimum Gasteiger partial charge on any atom is -0.493 e. The standard InChI is InChI=1S/C25H26N2O3/c1-2-16-30-24-14-7-6-13-23(24)26-19-25(28)27-21-11-8-12-22(18-21)29-17-15-20-9-4-3-5-10-20/h2-14,18,26H,1,15-17,19H2,(H,27,28). The van der Waals surface area contributed by atoms with Gasteiger partial charge in [-0.3, -0.25) is 4.79 Å². The number of amides is 1. The Morgan fingerprint density at radius 3 is 2.57 bits per heavy atom. The highest BCUT2D eigenvalue weighted by Gasteiger charge is 2.07. The number of carbonyl (C=O) groups is 1. The molecule has 0 heterocycles. The molecule has 0 radical (unpaired) electrons. The van der Waals surface area contributed by atoms with Crippen LogP contribution in [0.25, 0.3) is 0 Å². The van der Waals surface area contributed by atoms with Crippen molar-refractivity contribution in [2.24, 2.45) is 0 Å².